The first-order chi connectivity index (χ1) is 6.18. The zero-order valence-electron chi connectivity index (χ0n) is 7.32. The summed E-state index contributed by atoms with van der Waals surface area (Å²) in [6, 6.07) is 0. The van der Waals surface area contributed by atoms with Gasteiger partial charge in [-0.2, -0.15) is 0 Å². The minimum Gasteiger partial charge on any atom is -0.393 e. The van der Waals surface area contributed by atoms with Crippen LogP contribution in [-0.4, -0.2) is 11.9 Å². The average Bonchev–Trinajstić information content (AvgIpc) is 2.64. The highest BCUT2D eigenvalue weighted by Crippen LogP contribution is 2.54. The molecule has 3 rings (SSSR count). The summed E-state index contributed by atoms with van der Waals surface area (Å²) in [5, 5.41) is 0. The third kappa shape index (κ3) is 0.705. The second-order valence-electron chi connectivity index (χ2n) is 4.21. The van der Waals surface area contributed by atoms with E-state index < -0.39 is 0 Å². The van der Waals surface area contributed by atoms with E-state index >= 15 is 0 Å². The molecule has 2 aliphatic carbocycles. The summed E-state index contributed by atoms with van der Waals surface area (Å²) >= 11 is 0. The normalized spacial score (nSPS) is 46.4. The molecule has 1 saturated carbocycles. The summed E-state index contributed by atoms with van der Waals surface area (Å²) in [4.78, 5) is 22.6. The molecule has 0 spiro atoms. The Morgan fingerprint density at radius 2 is 2.00 bits per heavy atom. The van der Waals surface area contributed by atoms with Gasteiger partial charge in [0.1, 0.15) is 0 Å². The summed E-state index contributed by atoms with van der Waals surface area (Å²) < 4.78 is 4.65. The predicted molar refractivity (Wildman–Crippen MR) is 43.4 cm³/mol. The molecule has 4 atom stereocenters. The average molecular weight is 178 g/mol. The fourth-order valence-electron chi connectivity index (χ4n) is 3.07. The topological polar surface area (TPSA) is 43.4 Å². The summed E-state index contributed by atoms with van der Waals surface area (Å²) in [6.07, 6.45) is 3.10. The fraction of sp³-hybridized carbons (Fsp3) is 0.600. The lowest BCUT2D eigenvalue weighted by molar-refractivity contribution is -0.154. The maximum atomic E-state index is 11.3. The van der Waals surface area contributed by atoms with Crippen LogP contribution in [0.5, 0.6) is 0 Å². The van der Waals surface area contributed by atoms with Gasteiger partial charge in [0.15, 0.2) is 0 Å². The van der Waals surface area contributed by atoms with Gasteiger partial charge in [0.2, 0.25) is 0 Å². The van der Waals surface area contributed by atoms with Crippen LogP contribution in [0.1, 0.15) is 13.3 Å². The molecular formula is C10H10O3. The Balaban J connectivity index is 2.08. The second-order valence-corrected chi connectivity index (χ2v) is 4.21. The van der Waals surface area contributed by atoms with Crippen LogP contribution in [0.3, 0.4) is 0 Å². The van der Waals surface area contributed by atoms with Crippen molar-refractivity contribution in [2.24, 2.45) is 23.7 Å². The number of fused-ring (bicyclic) bond motifs is 5. The molecule has 0 unspecified atom stereocenters. The van der Waals surface area contributed by atoms with E-state index in [1.807, 2.05) is 6.92 Å². The molecular weight excluding hydrogens is 168 g/mol. The molecule has 0 amide bonds. The largest absolute Gasteiger partial charge is 0.393 e. The van der Waals surface area contributed by atoms with Gasteiger partial charge in [-0.15, -0.1) is 0 Å². The number of cyclic esters (lactones) is 2. The van der Waals surface area contributed by atoms with Gasteiger partial charge in [-0.3, -0.25) is 9.59 Å². The van der Waals surface area contributed by atoms with Gasteiger partial charge in [-0.1, -0.05) is 11.6 Å². The van der Waals surface area contributed by atoms with Gasteiger partial charge in [0, 0.05) is 0 Å². The van der Waals surface area contributed by atoms with Gasteiger partial charge in [-0.05, 0) is 25.2 Å². The van der Waals surface area contributed by atoms with Crippen LogP contribution in [0.2, 0.25) is 0 Å². The van der Waals surface area contributed by atoms with Crippen molar-refractivity contribution in [1.82, 2.24) is 0 Å². The highest BCUT2D eigenvalue weighted by atomic mass is 16.6. The van der Waals surface area contributed by atoms with Gasteiger partial charge in [0.05, 0.1) is 11.8 Å². The molecule has 68 valence electrons. The maximum absolute atomic E-state index is 11.3. The number of esters is 2. The number of carbonyl (C=O) groups excluding carboxylic acids is 2. The van der Waals surface area contributed by atoms with E-state index in [9.17, 15) is 9.59 Å². The first-order valence-electron chi connectivity index (χ1n) is 4.62. The van der Waals surface area contributed by atoms with Crippen LogP contribution in [0.4, 0.5) is 0 Å². The summed E-state index contributed by atoms with van der Waals surface area (Å²) in [5.41, 5.74) is 1.26. The number of allylic oxidation sites excluding steroid dienone is 2. The van der Waals surface area contributed by atoms with Gasteiger partial charge < -0.3 is 4.74 Å². The van der Waals surface area contributed by atoms with Crippen molar-refractivity contribution in [3.63, 3.8) is 0 Å². The van der Waals surface area contributed by atoms with E-state index in [0.29, 0.717) is 0 Å². The Labute approximate surface area is 75.8 Å². The van der Waals surface area contributed by atoms with Crippen molar-refractivity contribution < 1.29 is 14.3 Å². The Hall–Kier alpha value is -1.12. The zero-order chi connectivity index (χ0) is 9.16. The molecule has 3 aliphatic rings. The highest BCUT2D eigenvalue weighted by molar-refractivity contribution is 5.98. The predicted octanol–water partition coefficient (Wildman–Crippen LogP) is 0.898. The molecule has 0 radical (unpaired) electrons. The van der Waals surface area contributed by atoms with Crippen LogP contribution < -0.4 is 0 Å². The van der Waals surface area contributed by atoms with Crippen molar-refractivity contribution in [1.29, 1.82) is 0 Å². The smallest absolute Gasteiger partial charge is 0.318 e. The summed E-state index contributed by atoms with van der Waals surface area (Å²) in [5.74, 6) is -0.340. The van der Waals surface area contributed by atoms with Crippen LogP contribution in [0, 0.1) is 23.7 Å². The van der Waals surface area contributed by atoms with E-state index in [1.54, 1.807) is 0 Å². The molecule has 1 aliphatic heterocycles. The maximum Gasteiger partial charge on any atom is 0.318 e. The molecule has 3 nitrogen and oxygen atoms in total. The number of hydrogen-bond acceptors (Lipinski definition) is 3. The zero-order valence-corrected chi connectivity index (χ0v) is 7.32. The fourth-order valence-corrected chi connectivity index (χ4v) is 3.07. The van der Waals surface area contributed by atoms with Gasteiger partial charge >= 0.3 is 11.9 Å². The highest BCUT2D eigenvalue weighted by Gasteiger charge is 2.59. The molecule has 0 N–H and O–H groups in total. The number of ether oxygens (including phenoxy) is 1. The quantitative estimate of drug-likeness (QED) is 0.314. The van der Waals surface area contributed by atoms with E-state index in [0.717, 1.165) is 6.42 Å². The second kappa shape index (κ2) is 2.03. The van der Waals surface area contributed by atoms with Gasteiger partial charge in [0.25, 0.3) is 0 Å². The first kappa shape index (κ1) is 7.30. The van der Waals surface area contributed by atoms with Crippen molar-refractivity contribution >= 4 is 11.9 Å². The van der Waals surface area contributed by atoms with Crippen molar-refractivity contribution in [3.8, 4) is 0 Å². The summed E-state index contributed by atoms with van der Waals surface area (Å²) in [7, 11) is 0. The molecule has 3 heteroatoms. The SMILES string of the molecule is CC1=C[C@H]2C[C@H]1[C@@H]1C(=O)OC(=O)[C@@H]12. The van der Waals surface area contributed by atoms with Crippen LogP contribution in [0.15, 0.2) is 11.6 Å². The van der Waals surface area contributed by atoms with Crippen molar-refractivity contribution in [2.75, 3.05) is 0 Å². The van der Waals surface area contributed by atoms with E-state index in [1.165, 1.54) is 5.57 Å². The minimum absolute atomic E-state index is 0.150. The molecule has 0 aromatic rings. The van der Waals surface area contributed by atoms with Crippen LogP contribution >= 0.6 is 0 Å². The van der Waals surface area contributed by atoms with E-state index in [4.69, 9.17) is 0 Å². The Kier molecular flexibility index (Phi) is 1.14. The lowest BCUT2D eigenvalue weighted by atomic mass is 9.82. The number of carbonyl (C=O) groups is 2. The van der Waals surface area contributed by atoms with Crippen LogP contribution in [0.25, 0.3) is 0 Å². The molecule has 1 saturated heterocycles. The molecule has 0 aromatic heterocycles. The Bertz CT molecular complexity index is 342. The summed E-state index contributed by atoms with van der Waals surface area (Å²) in [6.45, 7) is 2.04. The Morgan fingerprint density at radius 1 is 1.31 bits per heavy atom. The molecule has 2 fully saturated rings. The number of rotatable bonds is 0. The molecule has 0 aromatic carbocycles. The number of hydrogen-bond donors (Lipinski definition) is 0. The van der Waals surface area contributed by atoms with Crippen molar-refractivity contribution in [3.05, 3.63) is 11.6 Å². The standard InChI is InChI=1S/C10H10O3/c1-4-2-5-3-6(4)8-7(5)9(11)13-10(8)12/h2,5-8H,3H2,1H3/t5-,6+,7+,8-/m0/s1. The molecule has 13 heavy (non-hydrogen) atoms. The monoisotopic (exact) mass is 178 g/mol. The minimum atomic E-state index is -0.300. The lowest BCUT2D eigenvalue weighted by Gasteiger charge is -2.17. The molecule has 2 bridgehead atoms. The van der Waals surface area contributed by atoms with Crippen molar-refractivity contribution in [2.45, 2.75) is 13.3 Å². The first-order valence-corrected chi connectivity index (χ1v) is 4.62. The lowest BCUT2D eigenvalue weighted by Crippen LogP contribution is -2.23. The van der Waals surface area contributed by atoms with Gasteiger partial charge in [-0.25, -0.2) is 0 Å². The Morgan fingerprint density at radius 3 is 2.77 bits per heavy atom. The third-order valence-electron chi connectivity index (χ3n) is 3.62. The van der Waals surface area contributed by atoms with E-state index in [-0.39, 0.29) is 35.6 Å². The van der Waals surface area contributed by atoms with Crippen LogP contribution in [-0.2, 0) is 14.3 Å². The third-order valence-corrected chi connectivity index (χ3v) is 3.62. The molecule has 1 heterocycles. The van der Waals surface area contributed by atoms with E-state index in [2.05, 4.69) is 10.8 Å².